The zero-order valence-electron chi connectivity index (χ0n) is 9.60. The number of carbonyl (C=O) groups excluding carboxylic acids is 1. The first-order valence-corrected chi connectivity index (χ1v) is 6.77. The molecule has 0 aromatic rings. The minimum atomic E-state index is -3.44. The Kier molecular flexibility index (Phi) is 4.69. The van der Waals surface area contributed by atoms with E-state index in [1.165, 1.54) is 11.4 Å². The molecule has 1 fully saturated rings. The van der Waals surface area contributed by atoms with Crippen LogP contribution < -0.4 is 4.72 Å². The van der Waals surface area contributed by atoms with Gasteiger partial charge in [0.15, 0.2) is 0 Å². The van der Waals surface area contributed by atoms with Gasteiger partial charge in [0.25, 0.3) is 10.2 Å². The van der Waals surface area contributed by atoms with Crippen molar-refractivity contribution in [1.82, 2.24) is 9.03 Å². The third-order valence-corrected chi connectivity index (χ3v) is 4.13. The van der Waals surface area contributed by atoms with E-state index in [0.29, 0.717) is 6.54 Å². The van der Waals surface area contributed by atoms with E-state index in [9.17, 15) is 13.2 Å². The van der Waals surface area contributed by atoms with Crippen LogP contribution in [0.1, 0.15) is 26.2 Å². The number of ether oxygens (including phenoxy) is 1. The maximum absolute atomic E-state index is 11.8. The average molecular weight is 250 g/mol. The zero-order valence-corrected chi connectivity index (χ0v) is 10.4. The molecule has 0 atom stereocenters. The minimum absolute atomic E-state index is 0.0793. The maximum Gasteiger partial charge on any atom is 0.306 e. The molecule has 0 spiro atoms. The predicted molar refractivity (Wildman–Crippen MR) is 59.0 cm³/mol. The van der Waals surface area contributed by atoms with Crippen LogP contribution in [-0.2, 0) is 19.7 Å². The summed E-state index contributed by atoms with van der Waals surface area (Å²) in [6.07, 6.45) is 1.87. The highest BCUT2D eigenvalue weighted by atomic mass is 32.2. The summed E-state index contributed by atoms with van der Waals surface area (Å²) in [6, 6.07) is 0.0807. The number of hydrogen-bond acceptors (Lipinski definition) is 4. The summed E-state index contributed by atoms with van der Waals surface area (Å²) in [6.45, 7) is 2.24. The monoisotopic (exact) mass is 250 g/mol. The fourth-order valence-electron chi connectivity index (χ4n) is 1.25. The molecule has 0 saturated heterocycles. The van der Waals surface area contributed by atoms with Gasteiger partial charge in [-0.1, -0.05) is 6.92 Å². The fraction of sp³-hybridized carbons (Fsp3) is 0.889. The van der Waals surface area contributed by atoms with Crippen molar-refractivity contribution in [3.8, 4) is 0 Å². The summed E-state index contributed by atoms with van der Waals surface area (Å²) >= 11 is 0. The van der Waals surface area contributed by atoms with Gasteiger partial charge in [-0.2, -0.15) is 17.4 Å². The Morgan fingerprint density at radius 3 is 2.56 bits per heavy atom. The molecule has 0 aliphatic heterocycles. The lowest BCUT2D eigenvalue weighted by atomic mass is 10.4. The quantitative estimate of drug-likeness (QED) is 0.639. The van der Waals surface area contributed by atoms with Gasteiger partial charge in [0.05, 0.1) is 13.5 Å². The van der Waals surface area contributed by atoms with Gasteiger partial charge in [-0.05, 0) is 12.8 Å². The molecule has 0 radical (unpaired) electrons. The second-order valence-electron chi connectivity index (χ2n) is 3.71. The number of nitrogens with zero attached hydrogens (tertiary/aromatic N) is 1. The molecule has 94 valence electrons. The summed E-state index contributed by atoms with van der Waals surface area (Å²) in [7, 11) is -2.15. The lowest BCUT2D eigenvalue weighted by Gasteiger charge is -2.20. The topological polar surface area (TPSA) is 75.7 Å². The molecule has 0 bridgehead atoms. The molecule has 0 aromatic carbocycles. The Morgan fingerprint density at radius 2 is 2.12 bits per heavy atom. The van der Waals surface area contributed by atoms with E-state index in [-0.39, 0.29) is 19.0 Å². The molecule has 6 nitrogen and oxygen atoms in total. The first-order chi connectivity index (χ1) is 7.49. The number of methoxy groups -OCH3 is 1. The first kappa shape index (κ1) is 13.4. The second kappa shape index (κ2) is 5.60. The second-order valence-corrected chi connectivity index (χ2v) is 5.42. The number of carbonyl (C=O) groups is 1. The lowest BCUT2D eigenvalue weighted by molar-refractivity contribution is -0.140. The van der Waals surface area contributed by atoms with Gasteiger partial charge in [-0.15, -0.1) is 0 Å². The summed E-state index contributed by atoms with van der Waals surface area (Å²) < 4.78 is 31.8. The van der Waals surface area contributed by atoms with Crippen LogP contribution in [0.2, 0.25) is 0 Å². The molecular weight excluding hydrogens is 232 g/mol. The highest BCUT2D eigenvalue weighted by Gasteiger charge is 2.30. The Labute approximate surface area is 96.1 Å². The van der Waals surface area contributed by atoms with Crippen molar-refractivity contribution in [3.05, 3.63) is 0 Å². The SMILES string of the molecule is CCN(CCC(=O)OC)S(=O)(=O)NC1CC1. The molecule has 0 heterocycles. The van der Waals surface area contributed by atoms with Crippen LogP contribution >= 0.6 is 0 Å². The summed E-state index contributed by atoms with van der Waals surface area (Å²) in [4.78, 5) is 10.9. The van der Waals surface area contributed by atoms with Crippen LogP contribution in [0.25, 0.3) is 0 Å². The lowest BCUT2D eigenvalue weighted by Crippen LogP contribution is -2.42. The van der Waals surface area contributed by atoms with E-state index in [1.54, 1.807) is 6.92 Å². The highest BCUT2D eigenvalue weighted by Crippen LogP contribution is 2.20. The van der Waals surface area contributed by atoms with Crippen LogP contribution in [0, 0.1) is 0 Å². The normalized spacial score (nSPS) is 16.4. The minimum Gasteiger partial charge on any atom is -0.469 e. The first-order valence-electron chi connectivity index (χ1n) is 5.33. The number of nitrogens with one attached hydrogen (secondary N) is 1. The third kappa shape index (κ3) is 4.07. The van der Waals surface area contributed by atoms with Crippen LogP contribution in [0.15, 0.2) is 0 Å². The van der Waals surface area contributed by atoms with Crippen molar-refractivity contribution in [2.75, 3.05) is 20.2 Å². The molecule has 0 unspecified atom stereocenters. The molecule has 1 aliphatic carbocycles. The van der Waals surface area contributed by atoms with Gasteiger partial charge < -0.3 is 4.74 Å². The zero-order chi connectivity index (χ0) is 12.2. The van der Waals surface area contributed by atoms with Gasteiger partial charge >= 0.3 is 5.97 Å². The van der Waals surface area contributed by atoms with Crippen molar-refractivity contribution >= 4 is 16.2 Å². The smallest absolute Gasteiger partial charge is 0.306 e. The van der Waals surface area contributed by atoms with Crippen LogP contribution in [0.3, 0.4) is 0 Å². The van der Waals surface area contributed by atoms with Crippen molar-refractivity contribution in [3.63, 3.8) is 0 Å². The van der Waals surface area contributed by atoms with Crippen molar-refractivity contribution in [1.29, 1.82) is 0 Å². The van der Waals surface area contributed by atoms with Gasteiger partial charge in [-0.25, -0.2) is 0 Å². The molecule has 7 heteroatoms. The molecular formula is C9H18N2O4S. The van der Waals surface area contributed by atoms with Gasteiger partial charge in [0, 0.05) is 19.1 Å². The molecule has 1 rings (SSSR count). The molecule has 1 saturated carbocycles. The van der Waals surface area contributed by atoms with Gasteiger partial charge in [0.2, 0.25) is 0 Å². The third-order valence-electron chi connectivity index (χ3n) is 2.38. The maximum atomic E-state index is 11.8. The Balaban J connectivity index is 2.47. The Bertz CT molecular complexity index is 337. The van der Waals surface area contributed by atoms with Crippen LogP contribution in [0.4, 0.5) is 0 Å². The Hall–Kier alpha value is -0.660. The molecule has 16 heavy (non-hydrogen) atoms. The van der Waals surface area contributed by atoms with Gasteiger partial charge in [-0.3, -0.25) is 4.79 Å². The van der Waals surface area contributed by atoms with Crippen LogP contribution in [0.5, 0.6) is 0 Å². The molecule has 0 aromatic heterocycles. The van der Waals surface area contributed by atoms with E-state index >= 15 is 0 Å². The van der Waals surface area contributed by atoms with E-state index in [2.05, 4.69) is 9.46 Å². The standard InChI is InChI=1S/C9H18N2O4S/c1-3-11(7-6-9(12)15-2)16(13,14)10-8-4-5-8/h8,10H,3-7H2,1-2H3. The number of hydrogen-bond donors (Lipinski definition) is 1. The predicted octanol–water partition coefficient (Wildman–Crippen LogP) is -0.132. The Morgan fingerprint density at radius 1 is 1.50 bits per heavy atom. The van der Waals surface area contributed by atoms with Crippen molar-refractivity contribution in [2.45, 2.75) is 32.2 Å². The number of rotatable bonds is 7. The summed E-state index contributed by atoms with van der Waals surface area (Å²) in [5, 5.41) is 0. The summed E-state index contributed by atoms with van der Waals surface area (Å²) in [5.74, 6) is -0.403. The molecule has 1 aliphatic rings. The number of esters is 1. The van der Waals surface area contributed by atoms with E-state index in [1.807, 2.05) is 0 Å². The fourth-order valence-corrected chi connectivity index (χ4v) is 2.73. The average Bonchev–Trinajstić information content (AvgIpc) is 3.01. The van der Waals surface area contributed by atoms with E-state index in [4.69, 9.17) is 0 Å². The van der Waals surface area contributed by atoms with Gasteiger partial charge in [0.1, 0.15) is 0 Å². The molecule has 0 amide bonds. The summed E-state index contributed by atoms with van der Waals surface area (Å²) in [5.41, 5.74) is 0. The van der Waals surface area contributed by atoms with Crippen molar-refractivity contribution < 1.29 is 17.9 Å². The highest BCUT2D eigenvalue weighted by molar-refractivity contribution is 7.87. The van der Waals surface area contributed by atoms with Crippen LogP contribution in [-0.4, -0.2) is 44.9 Å². The van der Waals surface area contributed by atoms with E-state index < -0.39 is 16.2 Å². The van der Waals surface area contributed by atoms with E-state index in [0.717, 1.165) is 12.8 Å². The van der Waals surface area contributed by atoms with Crippen molar-refractivity contribution in [2.24, 2.45) is 0 Å². The molecule has 1 N–H and O–H groups in total. The largest absolute Gasteiger partial charge is 0.469 e.